The van der Waals surface area contributed by atoms with Crippen LogP contribution in [0.3, 0.4) is 0 Å². The molecule has 0 radical (unpaired) electrons. The minimum atomic E-state index is -3.21. The predicted octanol–water partition coefficient (Wildman–Crippen LogP) is 1.84. The molecular formula is C19H20F2N4O4S. The number of aromatic nitrogens is 3. The average Bonchev–Trinajstić information content (AvgIpc) is 2.69. The molecule has 3 rings (SSSR count). The van der Waals surface area contributed by atoms with Crippen molar-refractivity contribution >= 4 is 26.8 Å². The van der Waals surface area contributed by atoms with Gasteiger partial charge in [0.05, 0.1) is 24.6 Å². The highest BCUT2D eigenvalue weighted by Crippen LogP contribution is 2.22. The van der Waals surface area contributed by atoms with E-state index >= 15 is 0 Å². The van der Waals surface area contributed by atoms with E-state index in [0.717, 1.165) is 18.4 Å². The van der Waals surface area contributed by atoms with Crippen LogP contribution in [0.1, 0.15) is 0 Å². The number of hydrogen-bond acceptors (Lipinski definition) is 7. The van der Waals surface area contributed by atoms with Crippen LogP contribution in [0.15, 0.2) is 35.1 Å². The Kier molecular flexibility index (Phi) is 6.42. The third-order valence-corrected chi connectivity index (χ3v) is 5.24. The average molecular weight is 438 g/mol. The molecule has 0 spiro atoms. The second kappa shape index (κ2) is 8.84. The lowest BCUT2D eigenvalue weighted by Gasteiger charge is -2.13. The van der Waals surface area contributed by atoms with Crippen LogP contribution in [0.25, 0.3) is 22.4 Å². The fourth-order valence-electron chi connectivity index (χ4n) is 2.80. The molecule has 1 N–H and O–H groups in total. The summed E-state index contributed by atoms with van der Waals surface area (Å²) in [6, 6.07) is 6.59. The summed E-state index contributed by atoms with van der Waals surface area (Å²) in [5.41, 5.74) is 0.804. The molecule has 1 aromatic carbocycles. The van der Waals surface area contributed by atoms with Gasteiger partial charge in [-0.1, -0.05) is 0 Å². The van der Waals surface area contributed by atoms with Crippen LogP contribution in [0, 0.1) is 11.6 Å². The zero-order valence-electron chi connectivity index (χ0n) is 16.4. The van der Waals surface area contributed by atoms with Gasteiger partial charge in [0.2, 0.25) is 0 Å². The van der Waals surface area contributed by atoms with Crippen LogP contribution in [0.2, 0.25) is 0 Å². The Morgan fingerprint density at radius 2 is 1.90 bits per heavy atom. The lowest BCUT2D eigenvalue weighted by atomic mass is 10.1. The lowest BCUT2D eigenvalue weighted by Crippen LogP contribution is -2.29. The maximum atomic E-state index is 13.6. The molecule has 11 heteroatoms. The summed E-state index contributed by atoms with van der Waals surface area (Å²) >= 11 is 0. The highest BCUT2D eigenvalue weighted by molar-refractivity contribution is 7.90. The zero-order valence-corrected chi connectivity index (χ0v) is 17.2. The molecule has 160 valence electrons. The van der Waals surface area contributed by atoms with E-state index in [1.807, 2.05) is 0 Å². The summed E-state index contributed by atoms with van der Waals surface area (Å²) in [7, 11) is -1.72. The summed E-state index contributed by atoms with van der Waals surface area (Å²) in [5.74, 6) is -2.14. The monoisotopic (exact) mass is 438 g/mol. The van der Waals surface area contributed by atoms with E-state index < -0.39 is 27.0 Å². The van der Waals surface area contributed by atoms with E-state index in [-0.39, 0.29) is 36.9 Å². The van der Waals surface area contributed by atoms with Crippen molar-refractivity contribution in [2.75, 3.05) is 37.6 Å². The summed E-state index contributed by atoms with van der Waals surface area (Å²) < 4.78 is 55.9. The van der Waals surface area contributed by atoms with Gasteiger partial charge in [-0.15, -0.1) is 0 Å². The fourth-order valence-corrected chi connectivity index (χ4v) is 3.27. The van der Waals surface area contributed by atoms with Crippen LogP contribution in [0.5, 0.6) is 0 Å². The van der Waals surface area contributed by atoms with Crippen LogP contribution in [-0.2, 0) is 21.1 Å². The van der Waals surface area contributed by atoms with Crippen molar-refractivity contribution in [3.05, 3.63) is 52.3 Å². The number of ether oxygens (including phenoxy) is 1. The van der Waals surface area contributed by atoms with Crippen LogP contribution in [0.4, 0.5) is 14.6 Å². The van der Waals surface area contributed by atoms with Crippen molar-refractivity contribution in [3.63, 3.8) is 0 Å². The van der Waals surface area contributed by atoms with E-state index in [9.17, 15) is 22.0 Å². The van der Waals surface area contributed by atoms with Crippen LogP contribution >= 0.6 is 0 Å². The van der Waals surface area contributed by atoms with Crippen molar-refractivity contribution < 1.29 is 21.9 Å². The van der Waals surface area contributed by atoms with E-state index in [1.165, 1.54) is 17.7 Å². The van der Waals surface area contributed by atoms with E-state index in [4.69, 9.17) is 4.74 Å². The number of pyridine rings is 1. The molecule has 0 atom stereocenters. The second-order valence-corrected chi connectivity index (χ2v) is 8.89. The van der Waals surface area contributed by atoms with Crippen molar-refractivity contribution in [2.45, 2.75) is 6.54 Å². The topological polar surface area (TPSA) is 103 Å². The predicted molar refractivity (Wildman–Crippen MR) is 109 cm³/mol. The molecule has 0 aliphatic carbocycles. The first-order chi connectivity index (χ1) is 14.2. The number of nitrogens with zero attached hydrogens (tertiary/aromatic N) is 3. The van der Waals surface area contributed by atoms with Crippen molar-refractivity contribution in [3.8, 4) is 11.3 Å². The number of nitrogens with one attached hydrogen (secondary N) is 1. The van der Waals surface area contributed by atoms with Gasteiger partial charge in [0.15, 0.2) is 23.1 Å². The first kappa shape index (κ1) is 21.8. The van der Waals surface area contributed by atoms with Gasteiger partial charge >= 0.3 is 0 Å². The maximum absolute atomic E-state index is 13.6. The van der Waals surface area contributed by atoms with E-state index in [1.54, 1.807) is 12.1 Å². The van der Waals surface area contributed by atoms with E-state index in [2.05, 4.69) is 15.3 Å². The summed E-state index contributed by atoms with van der Waals surface area (Å²) in [4.78, 5) is 21.5. The number of fused-ring (bicyclic) bond motifs is 1. The lowest BCUT2D eigenvalue weighted by molar-refractivity contribution is 0.187. The maximum Gasteiger partial charge on any atom is 0.295 e. The van der Waals surface area contributed by atoms with Gasteiger partial charge in [-0.3, -0.25) is 9.36 Å². The third-order valence-electron chi connectivity index (χ3n) is 4.29. The second-order valence-electron chi connectivity index (χ2n) is 6.63. The summed E-state index contributed by atoms with van der Waals surface area (Å²) in [6.45, 7) is 0.416. The standard InChI is InChI=1S/C19H20F2N4O4S/c1-29-9-8-25-18-16(23-17(19(25)26)22-7-10-30(2,27)28)6-5-15(24-18)12-3-4-13(20)14(21)11-12/h3-6,11H,7-10H2,1-2H3,(H,22,23). The largest absolute Gasteiger partial charge is 0.383 e. The summed E-state index contributed by atoms with van der Waals surface area (Å²) in [5, 5.41) is 2.75. The Morgan fingerprint density at radius 3 is 2.57 bits per heavy atom. The third kappa shape index (κ3) is 4.97. The molecule has 0 aliphatic heterocycles. The smallest absolute Gasteiger partial charge is 0.295 e. The Bertz CT molecular complexity index is 1250. The molecule has 0 saturated heterocycles. The normalized spacial score (nSPS) is 11.7. The molecule has 2 aromatic heterocycles. The van der Waals surface area contributed by atoms with Gasteiger partial charge in [-0.05, 0) is 30.3 Å². The first-order valence-electron chi connectivity index (χ1n) is 8.97. The van der Waals surface area contributed by atoms with Gasteiger partial charge in [0.1, 0.15) is 15.4 Å². The quantitative estimate of drug-likeness (QED) is 0.572. The Morgan fingerprint density at radius 1 is 1.13 bits per heavy atom. The molecule has 30 heavy (non-hydrogen) atoms. The van der Waals surface area contributed by atoms with Gasteiger partial charge < -0.3 is 10.1 Å². The number of rotatable bonds is 8. The molecule has 0 fully saturated rings. The first-order valence-corrected chi connectivity index (χ1v) is 11.0. The van der Waals surface area contributed by atoms with Crippen molar-refractivity contribution in [1.82, 2.24) is 14.5 Å². The molecule has 8 nitrogen and oxygen atoms in total. The molecule has 0 saturated carbocycles. The number of methoxy groups -OCH3 is 1. The highest BCUT2D eigenvalue weighted by Gasteiger charge is 2.15. The molecule has 0 amide bonds. The molecule has 0 unspecified atom stereocenters. The van der Waals surface area contributed by atoms with Crippen LogP contribution < -0.4 is 10.9 Å². The van der Waals surface area contributed by atoms with Gasteiger partial charge in [-0.2, -0.15) is 0 Å². The number of hydrogen-bond donors (Lipinski definition) is 1. The van der Waals surface area contributed by atoms with E-state index in [0.29, 0.717) is 16.8 Å². The molecule has 3 aromatic rings. The highest BCUT2D eigenvalue weighted by atomic mass is 32.2. The number of anilines is 1. The SMILES string of the molecule is COCCn1c(=O)c(NCCS(C)(=O)=O)nc2ccc(-c3ccc(F)c(F)c3)nc21. The van der Waals surface area contributed by atoms with Gasteiger partial charge in [0.25, 0.3) is 5.56 Å². The molecular weight excluding hydrogens is 418 g/mol. The van der Waals surface area contributed by atoms with Crippen LogP contribution in [-0.4, -0.2) is 55.2 Å². The Labute approximate surface area is 171 Å². The van der Waals surface area contributed by atoms with Gasteiger partial charge in [0, 0.05) is 25.5 Å². The zero-order chi connectivity index (χ0) is 21.9. The van der Waals surface area contributed by atoms with Crippen molar-refractivity contribution in [2.24, 2.45) is 0 Å². The van der Waals surface area contributed by atoms with Crippen molar-refractivity contribution in [1.29, 1.82) is 0 Å². The Hall–Kier alpha value is -2.92. The molecule has 0 bridgehead atoms. The minimum Gasteiger partial charge on any atom is -0.383 e. The number of benzene rings is 1. The molecule has 0 aliphatic rings. The number of halogens is 2. The fraction of sp³-hybridized carbons (Fsp3) is 0.316. The number of sulfone groups is 1. The molecule has 2 heterocycles. The Balaban J connectivity index is 2.07. The van der Waals surface area contributed by atoms with Gasteiger partial charge in [-0.25, -0.2) is 27.2 Å². The minimum absolute atomic E-state index is 0.00960. The summed E-state index contributed by atoms with van der Waals surface area (Å²) in [6.07, 6.45) is 1.10.